The van der Waals surface area contributed by atoms with Crippen LogP contribution in [0.1, 0.15) is 43.0 Å². The lowest BCUT2D eigenvalue weighted by atomic mass is 10.1. The SMILES string of the molecule is O=C1CCCN1c1ccc(CC(=O)N2CCC[C@@H]2c2ccc[nH]2)cc1. The monoisotopic (exact) mass is 337 g/mol. The molecule has 5 nitrogen and oxygen atoms in total. The molecule has 0 saturated carbocycles. The fourth-order valence-electron chi connectivity index (χ4n) is 3.93. The van der Waals surface area contributed by atoms with Gasteiger partial charge >= 0.3 is 0 Å². The third-order valence-electron chi connectivity index (χ3n) is 5.23. The Morgan fingerprint density at radius 1 is 1.12 bits per heavy atom. The van der Waals surface area contributed by atoms with Crippen molar-refractivity contribution in [3.63, 3.8) is 0 Å². The number of hydrogen-bond acceptors (Lipinski definition) is 2. The van der Waals surface area contributed by atoms with Gasteiger partial charge in [-0.05, 0) is 49.1 Å². The molecule has 2 saturated heterocycles. The minimum Gasteiger partial charge on any atom is -0.363 e. The average Bonchev–Trinajstić information content (AvgIpc) is 3.36. The van der Waals surface area contributed by atoms with Gasteiger partial charge in [-0.2, -0.15) is 0 Å². The summed E-state index contributed by atoms with van der Waals surface area (Å²) in [6, 6.07) is 12.1. The summed E-state index contributed by atoms with van der Waals surface area (Å²) in [7, 11) is 0. The molecule has 0 aliphatic carbocycles. The van der Waals surface area contributed by atoms with Crippen molar-refractivity contribution in [2.24, 2.45) is 0 Å². The summed E-state index contributed by atoms with van der Waals surface area (Å²) in [6.07, 6.45) is 5.94. The number of rotatable bonds is 4. The summed E-state index contributed by atoms with van der Waals surface area (Å²) >= 11 is 0. The third kappa shape index (κ3) is 3.18. The summed E-state index contributed by atoms with van der Waals surface area (Å²) in [5, 5.41) is 0. The molecular weight excluding hydrogens is 314 g/mol. The number of carbonyl (C=O) groups excluding carboxylic acids is 2. The Hall–Kier alpha value is -2.56. The van der Waals surface area contributed by atoms with Crippen LogP contribution in [0.4, 0.5) is 5.69 Å². The number of hydrogen-bond donors (Lipinski definition) is 1. The number of aromatic nitrogens is 1. The number of nitrogens with one attached hydrogen (secondary N) is 1. The van der Waals surface area contributed by atoms with Crippen LogP contribution < -0.4 is 4.90 Å². The zero-order valence-electron chi connectivity index (χ0n) is 14.3. The molecule has 2 aliphatic heterocycles. The van der Waals surface area contributed by atoms with Crippen LogP contribution in [0.25, 0.3) is 0 Å². The summed E-state index contributed by atoms with van der Waals surface area (Å²) in [6.45, 7) is 1.62. The standard InChI is InChI=1S/C20H23N3O2/c24-19-6-3-12-22(19)16-9-7-15(8-10-16)14-20(25)23-13-2-5-18(23)17-4-1-11-21-17/h1,4,7-11,18,21H,2-3,5-6,12-14H2/t18-/m1/s1. The molecule has 1 aromatic heterocycles. The van der Waals surface area contributed by atoms with Crippen LogP contribution in [0.15, 0.2) is 42.6 Å². The van der Waals surface area contributed by atoms with Gasteiger partial charge < -0.3 is 14.8 Å². The van der Waals surface area contributed by atoms with E-state index in [4.69, 9.17) is 0 Å². The molecule has 2 amide bonds. The Morgan fingerprint density at radius 2 is 1.96 bits per heavy atom. The number of H-pyrrole nitrogens is 1. The number of likely N-dealkylation sites (tertiary alicyclic amines) is 1. The predicted molar refractivity (Wildman–Crippen MR) is 96.2 cm³/mol. The van der Waals surface area contributed by atoms with Gasteiger partial charge in [0.25, 0.3) is 0 Å². The topological polar surface area (TPSA) is 56.4 Å². The second-order valence-electron chi connectivity index (χ2n) is 6.86. The summed E-state index contributed by atoms with van der Waals surface area (Å²) in [5.74, 6) is 0.358. The number of amides is 2. The molecule has 1 aromatic carbocycles. The van der Waals surface area contributed by atoms with Crippen molar-refractivity contribution in [3.05, 3.63) is 53.9 Å². The maximum absolute atomic E-state index is 12.8. The first-order chi connectivity index (χ1) is 12.2. The first-order valence-corrected chi connectivity index (χ1v) is 9.04. The van der Waals surface area contributed by atoms with Crippen molar-refractivity contribution in [1.29, 1.82) is 0 Å². The minimum atomic E-state index is 0.169. The molecule has 0 radical (unpaired) electrons. The number of nitrogens with zero attached hydrogens (tertiary/aromatic N) is 2. The van der Waals surface area contributed by atoms with Crippen molar-refractivity contribution >= 4 is 17.5 Å². The number of aromatic amines is 1. The summed E-state index contributed by atoms with van der Waals surface area (Å²) in [5.41, 5.74) is 3.05. The Balaban J connectivity index is 1.43. The third-order valence-corrected chi connectivity index (χ3v) is 5.23. The lowest BCUT2D eigenvalue weighted by Gasteiger charge is -2.24. The Morgan fingerprint density at radius 3 is 2.64 bits per heavy atom. The Kier molecular flexibility index (Phi) is 4.30. The molecule has 5 heteroatoms. The molecule has 130 valence electrons. The molecule has 1 atom stereocenters. The summed E-state index contributed by atoms with van der Waals surface area (Å²) in [4.78, 5) is 31.6. The normalized spacial score (nSPS) is 20.5. The van der Waals surface area contributed by atoms with Gasteiger partial charge in [-0.15, -0.1) is 0 Å². The largest absolute Gasteiger partial charge is 0.363 e. The number of anilines is 1. The Labute approximate surface area is 147 Å². The fourth-order valence-corrected chi connectivity index (χ4v) is 3.93. The first kappa shape index (κ1) is 15.9. The van der Waals surface area contributed by atoms with Gasteiger partial charge in [0.05, 0.1) is 12.5 Å². The molecule has 2 aromatic rings. The lowest BCUT2D eigenvalue weighted by Crippen LogP contribution is -2.32. The highest BCUT2D eigenvalue weighted by Crippen LogP contribution is 2.31. The van der Waals surface area contributed by atoms with Crippen LogP contribution >= 0.6 is 0 Å². The van der Waals surface area contributed by atoms with E-state index in [1.165, 1.54) is 0 Å². The average molecular weight is 337 g/mol. The van der Waals surface area contributed by atoms with E-state index in [0.717, 1.165) is 49.3 Å². The zero-order valence-corrected chi connectivity index (χ0v) is 14.3. The number of benzene rings is 1. The number of carbonyl (C=O) groups is 2. The van der Waals surface area contributed by atoms with E-state index in [9.17, 15) is 9.59 Å². The van der Waals surface area contributed by atoms with Gasteiger partial charge in [0.2, 0.25) is 11.8 Å². The molecule has 2 fully saturated rings. The maximum atomic E-state index is 12.8. The van der Waals surface area contributed by atoms with Gasteiger partial charge in [-0.25, -0.2) is 0 Å². The molecule has 0 bridgehead atoms. The van der Waals surface area contributed by atoms with E-state index in [0.29, 0.717) is 12.8 Å². The molecule has 2 aliphatic rings. The second kappa shape index (κ2) is 6.75. The van der Waals surface area contributed by atoms with Crippen LogP contribution in [0.2, 0.25) is 0 Å². The molecule has 0 spiro atoms. The van der Waals surface area contributed by atoms with Gasteiger partial charge in [0.1, 0.15) is 0 Å². The molecule has 3 heterocycles. The van der Waals surface area contributed by atoms with E-state index in [2.05, 4.69) is 11.1 Å². The first-order valence-electron chi connectivity index (χ1n) is 9.04. The van der Waals surface area contributed by atoms with E-state index >= 15 is 0 Å². The predicted octanol–water partition coefficient (Wildman–Crippen LogP) is 3.05. The maximum Gasteiger partial charge on any atom is 0.227 e. The Bertz CT molecular complexity index is 752. The summed E-state index contributed by atoms with van der Waals surface area (Å²) < 4.78 is 0. The molecule has 1 N–H and O–H groups in total. The van der Waals surface area contributed by atoms with Crippen molar-refractivity contribution < 1.29 is 9.59 Å². The van der Waals surface area contributed by atoms with Crippen molar-refractivity contribution in [2.45, 2.75) is 38.1 Å². The van der Waals surface area contributed by atoms with Crippen LogP contribution in [0.5, 0.6) is 0 Å². The van der Waals surface area contributed by atoms with Gasteiger partial charge in [0.15, 0.2) is 0 Å². The van der Waals surface area contributed by atoms with Crippen molar-refractivity contribution in [1.82, 2.24) is 9.88 Å². The zero-order chi connectivity index (χ0) is 17.2. The van der Waals surface area contributed by atoms with Crippen LogP contribution in [-0.2, 0) is 16.0 Å². The van der Waals surface area contributed by atoms with Gasteiger partial charge in [-0.1, -0.05) is 12.1 Å². The van der Waals surface area contributed by atoms with Crippen LogP contribution in [0, 0.1) is 0 Å². The molecule has 25 heavy (non-hydrogen) atoms. The highest BCUT2D eigenvalue weighted by atomic mass is 16.2. The highest BCUT2D eigenvalue weighted by Gasteiger charge is 2.30. The second-order valence-corrected chi connectivity index (χ2v) is 6.86. The van der Waals surface area contributed by atoms with E-state index in [-0.39, 0.29) is 17.9 Å². The van der Waals surface area contributed by atoms with Crippen LogP contribution in [0.3, 0.4) is 0 Å². The lowest BCUT2D eigenvalue weighted by molar-refractivity contribution is -0.131. The van der Waals surface area contributed by atoms with E-state index < -0.39 is 0 Å². The molecule has 4 rings (SSSR count). The van der Waals surface area contributed by atoms with Crippen molar-refractivity contribution in [2.75, 3.05) is 18.0 Å². The van der Waals surface area contributed by atoms with E-state index in [1.807, 2.05) is 46.3 Å². The van der Waals surface area contributed by atoms with Crippen LogP contribution in [-0.4, -0.2) is 34.8 Å². The highest BCUT2D eigenvalue weighted by molar-refractivity contribution is 5.95. The van der Waals surface area contributed by atoms with E-state index in [1.54, 1.807) is 0 Å². The van der Waals surface area contributed by atoms with Crippen molar-refractivity contribution in [3.8, 4) is 0 Å². The fraction of sp³-hybridized carbons (Fsp3) is 0.400. The van der Waals surface area contributed by atoms with Gasteiger partial charge in [0, 0.05) is 37.1 Å². The molecule has 0 unspecified atom stereocenters. The smallest absolute Gasteiger partial charge is 0.227 e. The minimum absolute atomic E-state index is 0.169. The van der Waals surface area contributed by atoms with Gasteiger partial charge in [-0.3, -0.25) is 9.59 Å². The quantitative estimate of drug-likeness (QED) is 0.932. The molecular formula is C20H23N3O2.